The molecule has 0 saturated heterocycles. The van der Waals surface area contributed by atoms with E-state index in [4.69, 9.17) is 4.74 Å². The van der Waals surface area contributed by atoms with Crippen LogP contribution in [0.4, 0.5) is 0 Å². The van der Waals surface area contributed by atoms with Crippen molar-refractivity contribution < 1.29 is 14.3 Å². The molecule has 22 heavy (non-hydrogen) atoms. The van der Waals surface area contributed by atoms with Crippen molar-refractivity contribution in [3.63, 3.8) is 0 Å². The molecule has 3 rings (SSSR count). The van der Waals surface area contributed by atoms with Crippen LogP contribution in [-0.2, 0) is 9.53 Å². The van der Waals surface area contributed by atoms with Crippen molar-refractivity contribution in [2.75, 3.05) is 0 Å². The van der Waals surface area contributed by atoms with E-state index in [1.807, 2.05) is 51.1 Å². The Balaban J connectivity index is 2.12. The minimum absolute atomic E-state index is 0.0759. The molecule has 1 heterocycles. The molecule has 0 saturated carbocycles. The summed E-state index contributed by atoms with van der Waals surface area (Å²) in [6.07, 6.45) is 1.81. The quantitative estimate of drug-likeness (QED) is 0.755. The van der Waals surface area contributed by atoms with Crippen molar-refractivity contribution in [2.24, 2.45) is 0 Å². The van der Waals surface area contributed by atoms with Crippen molar-refractivity contribution in [1.29, 1.82) is 0 Å². The van der Waals surface area contributed by atoms with Gasteiger partial charge in [0.15, 0.2) is 5.78 Å². The number of pyridine rings is 1. The summed E-state index contributed by atoms with van der Waals surface area (Å²) >= 11 is 0. The second-order valence-corrected chi connectivity index (χ2v) is 6.32. The Morgan fingerprint density at radius 2 is 1.95 bits per heavy atom. The number of fused-ring (bicyclic) bond motifs is 2. The van der Waals surface area contributed by atoms with Gasteiger partial charge in [-0.15, -0.1) is 0 Å². The standard InChI is InChI=1S/C18H17NO3/c1-18(2,3)22-17(21)12-8-9-15(20)16-13(12)10-11-6-4-5-7-14(11)19-16/h4-8,10H,9H2,1-3H3. The molecule has 0 unspecified atom stereocenters. The molecule has 2 aromatic rings. The first kappa shape index (κ1) is 14.4. The summed E-state index contributed by atoms with van der Waals surface area (Å²) in [4.78, 5) is 28.9. The molecule has 0 radical (unpaired) electrons. The number of aromatic nitrogens is 1. The number of hydrogen-bond donors (Lipinski definition) is 0. The number of para-hydroxylation sites is 1. The third kappa shape index (κ3) is 2.64. The van der Waals surface area contributed by atoms with Gasteiger partial charge in [-0.3, -0.25) is 4.79 Å². The number of carbonyl (C=O) groups excluding carboxylic acids is 2. The van der Waals surface area contributed by atoms with Crippen molar-refractivity contribution in [2.45, 2.75) is 32.8 Å². The second-order valence-electron chi connectivity index (χ2n) is 6.32. The molecule has 4 nitrogen and oxygen atoms in total. The summed E-state index contributed by atoms with van der Waals surface area (Å²) in [6, 6.07) is 9.38. The van der Waals surface area contributed by atoms with Gasteiger partial charge in [-0.25, -0.2) is 9.78 Å². The molecule has 0 spiro atoms. The van der Waals surface area contributed by atoms with Gasteiger partial charge in [0.2, 0.25) is 0 Å². The van der Waals surface area contributed by atoms with Gasteiger partial charge in [0.05, 0.1) is 11.1 Å². The van der Waals surface area contributed by atoms with Crippen LogP contribution in [0.3, 0.4) is 0 Å². The first-order chi connectivity index (χ1) is 10.3. The van der Waals surface area contributed by atoms with Gasteiger partial charge in [0, 0.05) is 17.4 Å². The number of carbonyl (C=O) groups is 2. The highest BCUT2D eigenvalue weighted by Gasteiger charge is 2.28. The second kappa shape index (κ2) is 5.05. The predicted molar refractivity (Wildman–Crippen MR) is 84.5 cm³/mol. The highest BCUT2D eigenvalue weighted by molar-refractivity contribution is 6.22. The van der Waals surface area contributed by atoms with E-state index in [1.54, 1.807) is 6.08 Å². The van der Waals surface area contributed by atoms with Gasteiger partial charge in [0.1, 0.15) is 11.3 Å². The fourth-order valence-corrected chi connectivity index (χ4v) is 2.46. The van der Waals surface area contributed by atoms with Gasteiger partial charge in [0.25, 0.3) is 0 Å². The summed E-state index contributed by atoms with van der Waals surface area (Å²) in [6.45, 7) is 5.46. The summed E-state index contributed by atoms with van der Waals surface area (Å²) in [5.74, 6) is -0.494. The van der Waals surface area contributed by atoms with Crippen molar-refractivity contribution in [3.8, 4) is 0 Å². The summed E-state index contributed by atoms with van der Waals surface area (Å²) in [5.41, 5.74) is 1.50. The number of rotatable bonds is 1. The lowest BCUT2D eigenvalue weighted by atomic mass is 9.92. The van der Waals surface area contributed by atoms with E-state index >= 15 is 0 Å². The molecule has 112 valence electrons. The molecule has 0 aliphatic heterocycles. The lowest BCUT2D eigenvalue weighted by molar-refractivity contribution is -0.147. The maximum absolute atomic E-state index is 12.4. The Morgan fingerprint density at radius 3 is 2.68 bits per heavy atom. The van der Waals surface area contributed by atoms with Crippen molar-refractivity contribution >= 4 is 28.2 Å². The number of ketones is 1. The van der Waals surface area contributed by atoms with Gasteiger partial charge in [-0.2, -0.15) is 0 Å². The zero-order valence-corrected chi connectivity index (χ0v) is 12.8. The topological polar surface area (TPSA) is 56.3 Å². The van der Waals surface area contributed by atoms with Crippen LogP contribution in [0.5, 0.6) is 0 Å². The molecule has 1 aromatic heterocycles. The largest absolute Gasteiger partial charge is 0.456 e. The van der Waals surface area contributed by atoms with E-state index in [-0.39, 0.29) is 12.2 Å². The number of hydrogen-bond acceptors (Lipinski definition) is 4. The van der Waals surface area contributed by atoms with Crippen LogP contribution < -0.4 is 0 Å². The third-order valence-electron chi connectivity index (χ3n) is 3.39. The van der Waals surface area contributed by atoms with Gasteiger partial charge in [-0.1, -0.05) is 24.3 Å². The Bertz CT molecular complexity index is 813. The van der Waals surface area contributed by atoms with Crippen LogP contribution in [0.1, 0.15) is 43.2 Å². The molecule has 1 aliphatic rings. The molecule has 0 fully saturated rings. The lowest BCUT2D eigenvalue weighted by Crippen LogP contribution is -2.26. The highest BCUT2D eigenvalue weighted by Crippen LogP contribution is 2.30. The fraction of sp³-hybridized carbons (Fsp3) is 0.278. The van der Waals surface area contributed by atoms with E-state index < -0.39 is 11.6 Å². The monoisotopic (exact) mass is 295 g/mol. The molecule has 0 amide bonds. The Kier molecular flexibility index (Phi) is 3.32. The highest BCUT2D eigenvalue weighted by atomic mass is 16.6. The molecule has 1 aliphatic carbocycles. The predicted octanol–water partition coefficient (Wildman–Crippen LogP) is 3.55. The van der Waals surface area contributed by atoms with Gasteiger partial charge < -0.3 is 4.74 Å². The van der Waals surface area contributed by atoms with Crippen LogP contribution in [0, 0.1) is 0 Å². The molecular formula is C18H17NO3. The normalized spacial score (nSPS) is 14.5. The maximum atomic E-state index is 12.4. The number of benzene rings is 1. The van der Waals surface area contributed by atoms with Gasteiger partial charge in [-0.05, 0) is 32.9 Å². The van der Waals surface area contributed by atoms with Crippen LogP contribution in [0.2, 0.25) is 0 Å². The Hall–Kier alpha value is -2.49. The average molecular weight is 295 g/mol. The molecule has 4 heteroatoms. The first-order valence-electron chi connectivity index (χ1n) is 7.22. The van der Waals surface area contributed by atoms with E-state index in [0.717, 1.165) is 10.9 Å². The maximum Gasteiger partial charge on any atom is 0.339 e. The smallest absolute Gasteiger partial charge is 0.339 e. The minimum Gasteiger partial charge on any atom is -0.456 e. The van der Waals surface area contributed by atoms with E-state index in [9.17, 15) is 9.59 Å². The van der Waals surface area contributed by atoms with Crippen molar-refractivity contribution in [1.82, 2.24) is 4.98 Å². The molecular weight excluding hydrogens is 278 g/mol. The van der Waals surface area contributed by atoms with Crippen molar-refractivity contribution in [3.05, 3.63) is 47.7 Å². The van der Waals surface area contributed by atoms with Crippen LogP contribution in [-0.4, -0.2) is 22.3 Å². The molecule has 0 N–H and O–H groups in total. The molecule has 0 bridgehead atoms. The summed E-state index contributed by atoms with van der Waals surface area (Å²) < 4.78 is 5.44. The van der Waals surface area contributed by atoms with E-state index in [1.165, 1.54) is 0 Å². The third-order valence-corrected chi connectivity index (χ3v) is 3.39. The van der Waals surface area contributed by atoms with Crippen LogP contribution in [0.25, 0.3) is 16.5 Å². The summed E-state index contributed by atoms with van der Waals surface area (Å²) in [5, 5.41) is 0.894. The Labute approximate surface area is 128 Å². The van der Waals surface area contributed by atoms with Crippen LogP contribution in [0.15, 0.2) is 36.4 Å². The Morgan fingerprint density at radius 1 is 1.23 bits per heavy atom. The number of Topliss-reactive ketones (excluding diaryl/α,β-unsaturated/α-hetero) is 1. The fourth-order valence-electron chi connectivity index (χ4n) is 2.46. The molecule has 1 aromatic carbocycles. The van der Waals surface area contributed by atoms with E-state index in [2.05, 4.69) is 4.98 Å². The number of ether oxygens (including phenoxy) is 1. The zero-order valence-electron chi connectivity index (χ0n) is 12.8. The average Bonchev–Trinajstić information content (AvgIpc) is 2.44. The van der Waals surface area contributed by atoms with Gasteiger partial charge >= 0.3 is 5.97 Å². The van der Waals surface area contributed by atoms with Crippen LogP contribution >= 0.6 is 0 Å². The zero-order chi connectivity index (χ0) is 15.9. The number of nitrogens with zero attached hydrogens (tertiary/aromatic N) is 1. The lowest BCUT2D eigenvalue weighted by Gasteiger charge is -2.22. The summed E-state index contributed by atoms with van der Waals surface area (Å²) in [7, 11) is 0. The minimum atomic E-state index is -0.580. The molecule has 0 atom stereocenters. The number of esters is 1. The van der Waals surface area contributed by atoms with E-state index in [0.29, 0.717) is 16.8 Å². The number of allylic oxidation sites excluding steroid dienone is 1. The first-order valence-corrected chi connectivity index (χ1v) is 7.22. The SMILES string of the molecule is CC(C)(C)OC(=O)C1=CCC(=O)c2nc3ccccc3cc21.